The Bertz CT molecular complexity index is 548. The van der Waals surface area contributed by atoms with E-state index in [0.29, 0.717) is 49.2 Å². The number of rotatable bonds is 3. The number of alkyl halides is 3. The summed E-state index contributed by atoms with van der Waals surface area (Å²) in [5.41, 5.74) is 0. The molecule has 1 aromatic rings. The number of hydrogen-bond acceptors (Lipinski definition) is 5. The number of likely N-dealkylation sites (tertiary alicyclic amines) is 1. The average Bonchev–Trinajstić information content (AvgIpc) is 3.19. The molecule has 2 aliphatic heterocycles. The lowest BCUT2D eigenvalue weighted by atomic mass is 10.3. The first-order valence-electron chi connectivity index (χ1n) is 7.71. The molecular formula is C14H19F3N4OS. The van der Waals surface area contributed by atoms with Crippen LogP contribution in [0.5, 0.6) is 0 Å². The van der Waals surface area contributed by atoms with Gasteiger partial charge in [-0.1, -0.05) is 11.3 Å². The van der Waals surface area contributed by atoms with Crippen LogP contribution in [0, 0.1) is 0 Å². The second-order valence-electron chi connectivity index (χ2n) is 5.86. The van der Waals surface area contributed by atoms with Crippen LogP contribution >= 0.6 is 11.3 Å². The molecular weight excluding hydrogens is 329 g/mol. The second-order valence-corrected chi connectivity index (χ2v) is 6.87. The number of aromatic nitrogens is 1. The van der Waals surface area contributed by atoms with E-state index in [2.05, 4.69) is 9.88 Å². The van der Waals surface area contributed by atoms with Crippen molar-refractivity contribution in [3.63, 3.8) is 0 Å². The van der Waals surface area contributed by atoms with Crippen LogP contribution in [0.15, 0.2) is 6.20 Å². The van der Waals surface area contributed by atoms with Crippen LogP contribution in [0.25, 0.3) is 0 Å². The predicted molar refractivity (Wildman–Crippen MR) is 81.6 cm³/mol. The number of halogens is 3. The molecule has 0 aromatic carbocycles. The molecule has 0 radical (unpaired) electrons. The molecule has 0 bridgehead atoms. The number of nitrogens with zero attached hydrogens (tertiary/aromatic N) is 4. The van der Waals surface area contributed by atoms with E-state index >= 15 is 0 Å². The van der Waals surface area contributed by atoms with Crippen LogP contribution in [-0.4, -0.2) is 66.5 Å². The Hall–Kier alpha value is -1.35. The largest absolute Gasteiger partial charge is 0.427 e. The maximum absolute atomic E-state index is 12.6. The van der Waals surface area contributed by atoms with Crippen molar-refractivity contribution in [3.05, 3.63) is 11.1 Å². The van der Waals surface area contributed by atoms with Crippen LogP contribution in [-0.2, 0) is 11.0 Å². The quantitative estimate of drug-likeness (QED) is 0.837. The SMILES string of the molecule is O=C(CN1CCN(c2ncc(C(F)(F)F)s2)CC1)N1CCCC1. The van der Waals surface area contributed by atoms with Gasteiger partial charge in [-0.3, -0.25) is 9.69 Å². The fourth-order valence-corrected chi connectivity index (χ4v) is 3.73. The van der Waals surface area contributed by atoms with Crippen LogP contribution < -0.4 is 4.90 Å². The molecule has 3 rings (SSSR count). The van der Waals surface area contributed by atoms with Gasteiger partial charge in [0.15, 0.2) is 5.13 Å². The molecule has 1 aromatic heterocycles. The van der Waals surface area contributed by atoms with Gasteiger partial charge >= 0.3 is 6.18 Å². The summed E-state index contributed by atoms with van der Waals surface area (Å²) in [5.74, 6) is 0.157. The van der Waals surface area contributed by atoms with Crippen molar-refractivity contribution in [2.24, 2.45) is 0 Å². The highest BCUT2D eigenvalue weighted by atomic mass is 32.1. The van der Waals surface area contributed by atoms with E-state index in [0.717, 1.165) is 32.1 Å². The van der Waals surface area contributed by atoms with E-state index in [1.54, 1.807) is 0 Å². The molecule has 0 unspecified atom stereocenters. The third-order valence-electron chi connectivity index (χ3n) is 4.23. The van der Waals surface area contributed by atoms with Gasteiger partial charge in [0.2, 0.25) is 5.91 Å². The van der Waals surface area contributed by atoms with Crippen molar-refractivity contribution in [3.8, 4) is 0 Å². The molecule has 1 amide bonds. The Morgan fingerprint density at radius 3 is 2.35 bits per heavy atom. The first-order valence-corrected chi connectivity index (χ1v) is 8.53. The Balaban J connectivity index is 1.50. The van der Waals surface area contributed by atoms with E-state index in [4.69, 9.17) is 0 Å². The third kappa shape index (κ3) is 3.95. The zero-order valence-corrected chi connectivity index (χ0v) is 13.5. The molecule has 9 heteroatoms. The summed E-state index contributed by atoms with van der Waals surface area (Å²) in [5, 5.41) is 0.405. The lowest BCUT2D eigenvalue weighted by molar-refractivity contribution is -0.134. The van der Waals surface area contributed by atoms with E-state index in [1.807, 2.05) is 9.80 Å². The van der Waals surface area contributed by atoms with Crippen molar-refractivity contribution < 1.29 is 18.0 Å². The second kappa shape index (κ2) is 6.64. The van der Waals surface area contributed by atoms with Crippen molar-refractivity contribution in [2.45, 2.75) is 19.0 Å². The summed E-state index contributed by atoms with van der Waals surface area (Å²) in [7, 11) is 0. The van der Waals surface area contributed by atoms with Gasteiger partial charge in [0.05, 0.1) is 12.7 Å². The van der Waals surface area contributed by atoms with Crippen molar-refractivity contribution >= 4 is 22.4 Å². The van der Waals surface area contributed by atoms with Crippen LogP contribution in [0.4, 0.5) is 18.3 Å². The van der Waals surface area contributed by atoms with Gasteiger partial charge in [-0.05, 0) is 12.8 Å². The molecule has 0 spiro atoms. The Kier molecular flexibility index (Phi) is 4.77. The Morgan fingerprint density at radius 1 is 1.13 bits per heavy atom. The Labute approximate surface area is 136 Å². The number of anilines is 1. The van der Waals surface area contributed by atoms with Gasteiger partial charge in [0.25, 0.3) is 0 Å². The minimum Gasteiger partial charge on any atom is -0.346 e. The highest BCUT2D eigenvalue weighted by Gasteiger charge is 2.34. The topological polar surface area (TPSA) is 39.7 Å². The first-order chi connectivity index (χ1) is 10.9. The maximum atomic E-state index is 12.6. The summed E-state index contributed by atoms with van der Waals surface area (Å²) in [6, 6.07) is 0. The number of amides is 1. The van der Waals surface area contributed by atoms with Crippen LogP contribution in [0.1, 0.15) is 17.7 Å². The van der Waals surface area contributed by atoms with Gasteiger partial charge in [-0.25, -0.2) is 4.98 Å². The molecule has 0 N–H and O–H groups in total. The lowest BCUT2D eigenvalue weighted by Gasteiger charge is -2.34. The van der Waals surface area contributed by atoms with E-state index < -0.39 is 11.1 Å². The van der Waals surface area contributed by atoms with E-state index in [9.17, 15) is 18.0 Å². The maximum Gasteiger partial charge on any atom is 0.427 e. The molecule has 0 saturated carbocycles. The standard InChI is InChI=1S/C14H19F3N4OS/c15-14(16,17)11-9-18-13(23-11)21-7-5-19(6-8-21)10-12(22)20-3-1-2-4-20/h9H,1-8,10H2. The summed E-state index contributed by atoms with van der Waals surface area (Å²) in [6.45, 7) is 4.62. The highest BCUT2D eigenvalue weighted by Crippen LogP contribution is 2.36. The molecule has 2 aliphatic rings. The summed E-state index contributed by atoms with van der Waals surface area (Å²) in [6.07, 6.45) is -1.29. The number of thiazole rings is 1. The number of hydrogen-bond donors (Lipinski definition) is 0. The molecule has 23 heavy (non-hydrogen) atoms. The summed E-state index contributed by atoms with van der Waals surface area (Å²) < 4.78 is 37.9. The number of piperazine rings is 1. The van der Waals surface area contributed by atoms with Crippen molar-refractivity contribution in [1.82, 2.24) is 14.8 Å². The zero-order valence-electron chi connectivity index (χ0n) is 12.7. The summed E-state index contributed by atoms with van der Waals surface area (Å²) in [4.78, 5) is 21.1. The summed E-state index contributed by atoms with van der Waals surface area (Å²) >= 11 is 0.678. The minimum atomic E-state index is -4.33. The van der Waals surface area contributed by atoms with Crippen molar-refractivity contribution in [2.75, 3.05) is 50.7 Å². The molecule has 0 atom stereocenters. The monoisotopic (exact) mass is 348 g/mol. The van der Waals surface area contributed by atoms with E-state index in [-0.39, 0.29) is 5.91 Å². The van der Waals surface area contributed by atoms with Crippen LogP contribution in [0.2, 0.25) is 0 Å². The fraction of sp³-hybridized carbons (Fsp3) is 0.714. The lowest BCUT2D eigenvalue weighted by Crippen LogP contribution is -2.49. The fourth-order valence-electron chi connectivity index (χ4n) is 2.90. The third-order valence-corrected chi connectivity index (χ3v) is 5.34. The molecule has 0 aliphatic carbocycles. The zero-order chi connectivity index (χ0) is 16.4. The first kappa shape index (κ1) is 16.5. The molecule has 2 fully saturated rings. The molecule has 3 heterocycles. The van der Waals surface area contributed by atoms with Gasteiger partial charge < -0.3 is 9.80 Å². The van der Waals surface area contributed by atoms with E-state index in [1.165, 1.54) is 0 Å². The normalized spacial score (nSPS) is 20.3. The Morgan fingerprint density at radius 2 is 1.78 bits per heavy atom. The van der Waals surface area contributed by atoms with Crippen LogP contribution in [0.3, 0.4) is 0 Å². The van der Waals surface area contributed by atoms with Crippen molar-refractivity contribution in [1.29, 1.82) is 0 Å². The number of carbonyl (C=O) groups is 1. The molecule has 2 saturated heterocycles. The predicted octanol–water partition coefficient (Wildman–Crippen LogP) is 1.91. The molecule has 5 nitrogen and oxygen atoms in total. The smallest absolute Gasteiger partial charge is 0.346 e. The van der Waals surface area contributed by atoms with Gasteiger partial charge in [0.1, 0.15) is 4.88 Å². The molecule has 128 valence electrons. The number of carbonyl (C=O) groups excluding carboxylic acids is 1. The minimum absolute atomic E-state index is 0.157. The highest BCUT2D eigenvalue weighted by molar-refractivity contribution is 7.15. The average molecular weight is 348 g/mol. The van der Waals surface area contributed by atoms with Gasteiger partial charge in [-0.2, -0.15) is 13.2 Å². The van der Waals surface area contributed by atoms with Gasteiger partial charge in [0, 0.05) is 39.3 Å². The van der Waals surface area contributed by atoms with Gasteiger partial charge in [-0.15, -0.1) is 0 Å².